The average molecular weight is 339 g/mol. The van der Waals surface area contributed by atoms with E-state index < -0.39 is 0 Å². The molecule has 1 heterocycles. The molecule has 2 fully saturated rings. The van der Waals surface area contributed by atoms with Gasteiger partial charge in [-0.1, -0.05) is 18.9 Å². The van der Waals surface area contributed by atoms with Crippen molar-refractivity contribution in [2.24, 2.45) is 5.92 Å². The Morgan fingerprint density at radius 2 is 2.10 bits per heavy atom. The zero-order valence-electron chi connectivity index (χ0n) is 12.1. The Morgan fingerprint density at radius 3 is 2.70 bits per heavy atom. The number of halogens is 1. The van der Waals surface area contributed by atoms with Gasteiger partial charge in [0.05, 0.1) is 11.6 Å². The first kappa shape index (κ1) is 14.4. The largest absolute Gasteiger partial charge is 0.496 e. The molecule has 4 heteroatoms. The Balaban J connectivity index is 1.81. The molecule has 1 atom stereocenters. The van der Waals surface area contributed by atoms with Crippen LogP contribution in [-0.4, -0.2) is 38.2 Å². The summed E-state index contributed by atoms with van der Waals surface area (Å²) in [6.45, 7) is 4.53. The highest BCUT2D eigenvalue weighted by Crippen LogP contribution is 2.41. The molecule has 1 aromatic rings. The summed E-state index contributed by atoms with van der Waals surface area (Å²) >= 11 is 3.63. The summed E-state index contributed by atoms with van der Waals surface area (Å²) in [6, 6.07) is 7.13. The van der Waals surface area contributed by atoms with Gasteiger partial charge in [-0.3, -0.25) is 4.90 Å². The van der Waals surface area contributed by atoms with Gasteiger partial charge < -0.3 is 10.1 Å². The van der Waals surface area contributed by atoms with Crippen LogP contribution in [0.15, 0.2) is 22.7 Å². The maximum Gasteiger partial charge on any atom is 0.133 e. The maximum absolute atomic E-state index is 5.35. The predicted molar refractivity (Wildman–Crippen MR) is 85.2 cm³/mol. The van der Waals surface area contributed by atoms with Gasteiger partial charge in [-0.2, -0.15) is 0 Å². The maximum atomic E-state index is 5.35. The molecule has 0 amide bonds. The van der Waals surface area contributed by atoms with Gasteiger partial charge in [0.1, 0.15) is 5.75 Å². The van der Waals surface area contributed by atoms with Crippen LogP contribution in [0.2, 0.25) is 0 Å². The van der Waals surface area contributed by atoms with Crippen LogP contribution in [0, 0.1) is 5.92 Å². The number of hydrogen-bond acceptors (Lipinski definition) is 3. The highest BCUT2D eigenvalue weighted by atomic mass is 79.9. The molecule has 0 bridgehead atoms. The van der Waals surface area contributed by atoms with Gasteiger partial charge in [-0.15, -0.1) is 0 Å². The Hall–Kier alpha value is -0.580. The summed E-state index contributed by atoms with van der Waals surface area (Å²) < 4.78 is 6.41. The lowest BCUT2D eigenvalue weighted by Gasteiger charge is -2.35. The smallest absolute Gasteiger partial charge is 0.133 e. The van der Waals surface area contributed by atoms with Crippen LogP contribution in [0.1, 0.15) is 30.9 Å². The molecule has 3 rings (SSSR count). The van der Waals surface area contributed by atoms with Crippen molar-refractivity contribution in [1.29, 1.82) is 0 Å². The van der Waals surface area contributed by atoms with E-state index in [0.29, 0.717) is 6.04 Å². The third kappa shape index (κ3) is 3.35. The van der Waals surface area contributed by atoms with E-state index in [1.165, 1.54) is 24.8 Å². The van der Waals surface area contributed by atoms with Crippen LogP contribution in [0.3, 0.4) is 0 Å². The van der Waals surface area contributed by atoms with E-state index in [-0.39, 0.29) is 0 Å². The highest BCUT2D eigenvalue weighted by molar-refractivity contribution is 9.10. The van der Waals surface area contributed by atoms with E-state index in [0.717, 1.165) is 42.3 Å². The molecule has 0 spiro atoms. The Kier molecular flexibility index (Phi) is 4.64. The molecule has 1 saturated heterocycles. The zero-order chi connectivity index (χ0) is 13.9. The summed E-state index contributed by atoms with van der Waals surface area (Å²) in [4.78, 5) is 2.64. The van der Waals surface area contributed by atoms with E-state index in [1.54, 1.807) is 7.11 Å². The van der Waals surface area contributed by atoms with Crippen LogP contribution in [0.5, 0.6) is 5.75 Å². The summed E-state index contributed by atoms with van der Waals surface area (Å²) in [5.74, 6) is 1.86. The van der Waals surface area contributed by atoms with Crippen LogP contribution in [0.4, 0.5) is 0 Å². The topological polar surface area (TPSA) is 24.5 Å². The molecule has 20 heavy (non-hydrogen) atoms. The molecule has 1 aliphatic carbocycles. The highest BCUT2D eigenvalue weighted by Gasteiger charge is 2.30. The SMILES string of the molecule is COc1ccc([C@@H](CC2CC2)N2CCNCC2)cc1Br. The van der Waals surface area contributed by atoms with E-state index >= 15 is 0 Å². The first-order chi connectivity index (χ1) is 9.78. The van der Waals surface area contributed by atoms with Gasteiger partial charge in [0, 0.05) is 32.2 Å². The monoisotopic (exact) mass is 338 g/mol. The van der Waals surface area contributed by atoms with Crippen molar-refractivity contribution in [3.8, 4) is 5.75 Å². The van der Waals surface area contributed by atoms with Crippen LogP contribution >= 0.6 is 15.9 Å². The summed E-state index contributed by atoms with van der Waals surface area (Å²) in [6.07, 6.45) is 4.14. The van der Waals surface area contributed by atoms with Gasteiger partial charge in [-0.05, 0) is 46.0 Å². The third-order valence-corrected chi connectivity index (χ3v) is 5.03. The Morgan fingerprint density at radius 1 is 1.35 bits per heavy atom. The molecular weight excluding hydrogens is 316 g/mol. The number of piperazine rings is 1. The second kappa shape index (κ2) is 6.46. The predicted octanol–water partition coefficient (Wildman–Crippen LogP) is 3.20. The van der Waals surface area contributed by atoms with Gasteiger partial charge in [0.15, 0.2) is 0 Å². The molecule has 110 valence electrons. The molecule has 1 aliphatic heterocycles. The molecule has 3 nitrogen and oxygen atoms in total. The molecule has 2 aliphatic rings. The van der Waals surface area contributed by atoms with Crippen molar-refractivity contribution in [1.82, 2.24) is 10.2 Å². The minimum absolute atomic E-state index is 0.562. The van der Waals surface area contributed by atoms with Gasteiger partial charge in [0.25, 0.3) is 0 Å². The number of methoxy groups -OCH3 is 1. The van der Waals surface area contributed by atoms with Gasteiger partial charge in [0.2, 0.25) is 0 Å². The van der Waals surface area contributed by atoms with Crippen LogP contribution < -0.4 is 10.1 Å². The van der Waals surface area contributed by atoms with E-state index in [2.05, 4.69) is 44.3 Å². The lowest BCUT2D eigenvalue weighted by Crippen LogP contribution is -2.45. The van der Waals surface area contributed by atoms with Crippen LogP contribution in [-0.2, 0) is 0 Å². The van der Waals surface area contributed by atoms with Crippen molar-refractivity contribution in [3.05, 3.63) is 28.2 Å². The first-order valence-electron chi connectivity index (χ1n) is 7.56. The molecule has 1 aromatic carbocycles. The number of ether oxygens (including phenoxy) is 1. The van der Waals surface area contributed by atoms with Crippen molar-refractivity contribution in [3.63, 3.8) is 0 Å². The molecule has 1 saturated carbocycles. The standard InChI is InChI=1S/C16H23BrN2O/c1-20-16-5-4-13(11-14(16)17)15(10-12-2-3-12)19-8-6-18-7-9-19/h4-5,11-12,15,18H,2-3,6-10H2,1H3/t15-/m1/s1. The summed E-state index contributed by atoms with van der Waals surface area (Å²) in [7, 11) is 1.72. The number of nitrogens with one attached hydrogen (secondary N) is 1. The third-order valence-electron chi connectivity index (χ3n) is 4.41. The second-order valence-corrected chi connectivity index (χ2v) is 6.73. The Labute approximate surface area is 129 Å². The van der Waals surface area contributed by atoms with E-state index in [4.69, 9.17) is 4.74 Å². The Bertz CT molecular complexity index is 456. The van der Waals surface area contributed by atoms with E-state index in [1.807, 2.05) is 0 Å². The lowest BCUT2D eigenvalue weighted by atomic mass is 9.98. The number of hydrogen-bond donors (Lipinski definition) is 1. The quantitative estimate of drug-likeness (QED) is 0.892. The average Bonchev–Trinajstić information content (AvgIpc) is 3.30. The summed E-state index contributed by atoms with van der Waals surface area (Å²) in [5.41, 5.74) is 1.42. The fraction of sp³-hybridized carbons (Fsp3) is 0.625. The molecule has 1 N–H and O–H groups in total. The van der Waals surface area contributed by atoms with Crippen molar-refractivity contribution < 1.29 is 4.74 Å². The van der Waals surface area contributed by atoms with Crippen LogP contribution in [0.25, 0.3) is 0 Å². The van der Waals surface area contributed by atoms with Gasteiger partial charge in [-0.25, -0.2) is 0 Å². The number of rotatable bonds is 5. The summed E-state index contributed by atoms with van der Waals surface area (Å²) in [5, 5.41) is 3.45. The fourth-order valence-electron chi connectivity index (χ4n) is 3.05. The molecule has 0 unspecified atom stereocenters. The molecular formula is C16H23BrN2O. The van der Waals surface area contributed by atoms with Crippen molar-refractivity contribution in [2.75, 3.05) is 33.3 Å². The molecule has 0 radical (unpaired) electrons. The minimum atomic E-state index is 0.562. The second-order valence-electron chi connectivity index (χ2n) is 5.87. The number of benzene rings is 1. The van der Waals surface area contributed by atoms with Crippen molar-refractivity contribution in [2.45, 2.75) is 25.3 Å². The van der Waals surface area contributed by atoms with Gasteiger partial charge >= 0.3 is 0 Å². The van der Waals surface area contributed by atoms with E-state index in [9.17, 15) is 0 Å². The minimum Gasteiger partial charge on any atom is -0.496 e. The lowest BCUT2D eigenvalue weighted by molar-refractivity contribution is 0.160. The molecule has 0 aromatic heterocycles. The zero-order valence-corrected chi connectivity index (χ0v) is 13.7. The number of nitrogens with zero attached hydrogens (tertiary/aromatic N) is 1. The first-order valence-corrected chi connectivity index (χ1v) is 8.35. The fourth-order valence-corrected chi connectivity index (χ4v) is 3.61. The van der Waals surface area contributed by atoms with Crippen molar-refractivity contribution >= 4 is 15.9 Å². The normalized spacial score (nSPS) is 21.7.